The van der Waals surface area contributed by atoms with E-state index in [-0.39, 0.29) is 5.84 Å². The summed E-state index contributed by atoms with van der Waals surface area (Å²) in [5, 5.41) is 6.72. The van der Waals surface area contributed by atoms with Crippen LogP contribution in [0.25, 0.3) is 0 Å². The minimum Gasteiger partial charge on any atom is -0.384 e. The molecule has 0 radical (unpaired) electrons. The molecule has 0 spiro atoms. The van der Waals surface area contributed by atoms with Gasteiger partial charge in [-0.15, -0.1) is 0 Å². The van der Waals surface area contributed by atoms with Gasteiger partial charge in [0, 0.05) is 0 Å². The van der Waals surface area contributed by atoms with Crippen molar-refractivity contribution < 1.29 is 0 Å². The fraction of sp³-hybridized carbons (Fsp3) is 0.250. The fourth-order valence-electron chi connectivity index (χ4n) is 0.214. The first-order valence-electron chi connectivity index (χ1n) is 1.81. The van der Waals surface area contributed by atoms with Crippen molar-refractivity contribution in [2.75, 3.05) is 0 Å². The second-order valence-electron chi connectivity index (χ2n) is 1.19. The molecule has 0 aromatic heterocycles. The van der Waals surface area contributed by atoms with E-state index in [9.17, 15) is 0 Å². The zero-order valence-corrected chi connectivity index (χ0v) is 6.19. The van der Waals surface area contributed by atoms with Gasteiger partial charge >= 0.3 is 0 Å². The molecule has 3 N–H and O–H groups in total. The molecule has 0 aromatic carbocycles. The molecule has 40 valence electrons. The lowest BCUT2D eigenvalue weighted by atomic mass is 10.5. The summed E-state index contributed by atoms with van der Waals surface area (Å²) in [6, 6.07) is 0. The topological polar surface area (TPSA) is 49.9 Å². The molecule has 0 unspecified atom stereocenters. The molecule has 0 aliphatic carbocycles. The van der Waals surface area contributed by atoms with E-state index in [1.165, 1.54) is 0 Å². The summed E-state index contributed by atoms with van der Waals surface area (Å²) in [6.07, 6.45) is 1.60. The van der Waals surface area contributed by atoms with Crippen LogP contribution in [0.15, 0.2) is 9.66 Å². The second-order valence-corrected chi connectivity index (χ2v) is 2.89. The number of rotatable bonds is 1. The lowest BCUT2D eigenvalue weighted by Gasteiger charge is -1.82. The zero-order chi connectivity index (χ0) is 5.86. The van der Waals surface area contributed by atoms with E-state index in [1.807, 2.05) is 6.92 Å². The van der Waals surface area contributed by atoms with Crippen molar-refractivity contribution in [1.29, 1.82) is 5.41 Å². The van der Waals surface area contributed by atoms with Crippen LogP contribution in [-0.2, 0) is 0 Å². The Labute approximate surface area is 56.4 Å². The number of hydrogen-bond donors (Lipinski definition) is 2. The summed E-state index contributed by atoms with van der Waals surface area (Å²) in [6.45, 7) is 1.89. The van der Waals surface area contributed by atoms with Crippen molar-refractivity contribution in [2.24, 2.45) is 5.73 Å². The average molecular weight is 210 g/mol. The summed E-state index contributed by atoms with van der Waals surface area (Å²) in [7, 11) is 0. The van der Waals surface area contributed by atoms with E-state index in [1.54, 1.807) is 6.08 Å². The Morgan fingerprint density at radius 2 is 2.29 bits per heavy atom. The van der Waals surface area contributed by atoms with Crippen LogP contribution in [0.5, 0.6) is 0 Å². The number of nitrogens with two attached hydrogens (primary N) is 1. The van der Waals surface area contributed by atoms with Crippen LogP contribution >= 0.6 is 22.6 Å². The van der Waals surface area contributed by atoms with Crippen LogP contribution < -0.4 is 5.73 Å². The first-order valence-corrected chi connectivity index (χ1v) is 2.88. The lowest BCUT2D eigenvalue weighted by Crippen LogP contribution is -2.04. The monoisotopic (exact) mass is 210 g/mol. The third-order valence-corrected chi connectivity index (χ3v) is 0.666. The minimum atomic E-state index is 0.118. The van der Waals surface area contributed by atoms with Gasteiger partial charge in [0.15, 0.2) is 0 Å². The average Bonchev–Trinajstić information content (AvgIpc) is 1.27. The highest BCUT2D eigenvalue weighted by molar-refractivity contribution is 14.1. The van der Waals surface area contributed by atoms with E-state index in [2.05, 4.69) is 22.6 Å². The van der Waals surface area contributed by atoms with E-state index in [0.717, 1.165) is 3.58 Å². The number of hydrogen-bond acceptors (Lipinski definition) is 1. The summed E-state index contributed by atoms with van der Waals surface area (Å²) in [5.41, 5.74) is 5.00. The van der Waals surface area contributed by atoms with Crippen molar-refractivity contribution in [2.45, 2.75) is 6.92 Å². The minimum absolute atomic E-state index is 0.118. The van der Waals surface area contributed by atoms with Gasteiger partial charge in [-0.3, -0.25) is 5.41 Å². The largest absolute Gasteiger partial charge is 0.384 e. The van der Waals surface area contributed by atoms with Crippen LogP contribution in [0.3, 0.4) is 0 Å². The van der Waals surface area contributed by atoms with E-state index in [4.69, 9.17) is 11.1 Å². The van der Waals surface area contributed by atoms with Crippen molar-refractivity contribution >= 4 is 28.4 Å². The highest BCUT2D eigenvalue weighted by Gasteiger charge is 1.78. The third kappa shape index (κ3) is 5.94. The molecule has 0 atom stereocenters. The Balaban J connectivity index is 3.68. The predicted octanol–water partition coefficient (Wildman–Crippen LogP) is 1.26. The lowest BCUT2D eigenvalue weighted by molar-refractivity contribution is 1.46. The first kappa shape index (κ1) is 6.94. The van der Waals surface area contributed by atoms with Crippen molar-refractivity contribution in [1.82, 2.24) is 0 Å². The quantitative estimate of drug-likeness (QED) is 0.382. The molecule has 2 nitrogen and oxygen atoms in total. The summed E-state index contributed by atoms with van der Waals surface area (Å²) >= 11 is 2.10. The van der Waals surface area contributed by atoms with Crippen LogP contribution in [0.2, 0.25) is 0 Å². The Morgan fingerprint density at radius 1 is 1.86 bits per heavy atom. The Bertz CT molecular complexity index is 102. The molecule has 0 bridgehead atoms. The van der Waals surface area contributed by atoms with Crippen molar-refractivity contribution in [3.8, 4) is 0 Å². The molecule has 0 saturated carbocycles. The van der Waals surface area contributed by atoms with E-state index < -0.39 is 0 Å². The molecule has 0 amide bonds. The van der Waals surface area contributed by atoms with Crippen LogP contribution in [-0.4, -0.2) is 5.84 Å². The Kier molecular flexibility index (Phi) is 2.98. The molecule has 0 heterocycles. The smallest absolute Gasteiger partial charge is 0.116 e. The summed E-state index contributed by atoms with van der Waals surface area (Å²) in [5.74, 6) is 0.118. The van der Waals surface area contributed by atoms with Crippen LogP contribution in [0.4, 0.5) is 0 Å². The molecule has 0 aromatic rings. The maximum atomic E-state index is 6.72. The van der Waals surface area contributed by atoms with Gasteiger partial charge in [-0.2, -0.15) is 0 Å². The highest BCUT2D eigenvalue weighted by Crippen LogP contribution is 2.00. The fourth-order valence-corrected chi connectivity index (χ4v) is 0.550. The Hall–Kier alpha value is -0.0600. The molecule has 3 heteroatoms. The van der Waals surface area contributed by atoms with Gasteiger partial charge in [0.05, 0.1) is 0 Å². The maximum Gasteiger partial charge on any atom is 0.116 e. The Morgan fingerprint density at radius 3 is 2.29 bits per heavy atom. The molecule has 0 saturated heterocycles. The van der Waals surface area contributed by atoms with Gasteiger partial charge in [-0.1, -0.05) is 0 Å². The first-order chi connectivity index (χ1) is 3.13. The van der Waals surface area contributed by atoms with Crippen molar-refractivity contribution in [3.05, 3.63) is 9.66 Å². The number of allylic oxidation sites excluding steroid dienone is 1. The summed E-state index contributed by atoms with van der Waals surface area (Å²) < 4.78 is 1.03. The molecular formula is C4H7IN2. The van der Waals surface area contributed by atoms with Gasteiger partial charge in [-0.05, 0) is 39.2 Å². The molecule has 0 fully saturated rings. The number of nitrogens with one attached hydrogen (secondary N) is 1. The van der Waals surface area contributed by atoms with Gasteiger partial charge in [0.1, 0.15) is 5.84 Å². The normalized spacial score (nSPS) is 11.4. The van der Waals surface area contributed by atoms with Crippen LogP contribution in [0.1, 0.15) is 6.92 Å². The van der Waals surface area contributed by atoms with E-state index >= 15 is 0 Å². The number of amidine groups is 1. The molecule has 0 aliphatic heterocycles. The van der Waals surface area contributed by atoms with Gasteiger partial charge < -0.3 is 5.73 Å². The van der Waals surface area contributed by atoms with Crippen molar-refractivity contribution in [3.63, 3.8) is 0 Å². The molecule has 0 aliphatic rings. The van der Waals surface area contributed by atoms with Crippen LogP contribution in [0, 0.1) is 5.41 Å². The van der Waals surface area contributed by atoms with Gasteiger partial charge in [0.25, 0.3) is 0 Å². The molecule has 0 rings (SSSR count). The summed E-state index contributed by atoms with van der Waals surface area (Å²) in [4.78, 5) is 0. The third-order valence-electron chi connectivity index (χ3n) is 0.354. The predicted molar refractivity (Wildman–Crippen MR) is 39.7 cm³/mol. The molecular weight excluding hydrogens is 203 g/mol. The second kappa shape index (κ2) is 3.01. The molecule has 7 heavy (non-hydrogen) atoms. The SMILES string of the molecule is C/C(I)=C\C(=N)N. The van der Waals surface area contributed by atoms with Gasteiger partial charge in [0.2, 0.25) is 0 Å². The van der Waals surface area contributed by atoms with Gasteiger partial charge in [-0.25, -0.2) is 0 Å². The standard InChI is InChI=1S/C4H7IN2/c1-3(5)2-4(6)7/h2H,1H3,(H3,6,7)/b3-2+. The van der Waals surface area contributed by atoms with E-state index in [0.29, 0.717) is 0 Å². The maximum absolute atomic E-state index is 6.72. The highest BCUT2D eigenvalue weighted by atomic mass is 127. The number of halogens is 1. The zero-order valence-electron chi connectivity index (χ0n) is 4.03.